The van der Waals surface area contributed by atoms with Gasteiger partial charge in [0, 0.05) is 0 Å². The van der Waals surface area contributed by atoms with Gasteiger partial charge in [0.25, 0.3) is 11.8 Å². The van der Waals surface area contributed by atoms with Crippen LogP contribution < -0.4 is 10.1 Å². The summed E-state index contributed by atoms with van der Waals surface area (Å²) in [6, 6.07) is 10.6. The third-order valence-electron chi connectivity index (χ3n) is 4.13. The van der Waals surface area contributed by atoms with Gasteiger partial charge in [-0.2, -0.15) is 13.2 Å². The summed E-state index contributed by atoms with van der Waals surface area (Å²) < 4.78 is 41.9. The Morgan fingerprint density at radius 3 is 2.14 bits per heavy atom. The van der Waals surface area contributed by atoms with E-state index in [0.29, 0.717) is 0 Å². The fraction of sp³-hybridized carbons (Fsp3) is 0.211. The summed E-state index contributed by atoms with van der Waals surface area (Å²) in [5.41, 5.74) is 0.391. The van der Waals surface area contributed by atoms with Gasteiger partial charge in [-0.3, -0.25) is 19.3 Å². The van der Waals surface area contributed by atoms with E-state index in [4.69, 9.17) is 4.74 Å². The van der Waals surface area contributed by atoms with Crippen molar-refractivity contribution in [3.8, 4) is 5.75 Å². The van der Waals surface area contributed by atoms with Crippen LogP contribution in [0.25, 0.3) is 0 Å². The fourth-order valence-corrected chi connectivity index (χ4v) is 2.77. The second kappa shape index (κ2) is 7.34. The van der Waals surface area contributed by atoms with Crippen molar-refractivity contribution in [1.29, 1.82) is 0 Å². The second-order valence-corrected chi connectivity index (χ2v) is 6.09. The highest BCUT2D eigenvalue weighted by atomic mass is 19.4. The first kappa shape index (κ1) is 19.4. The summed E-state index contributed by atoms with van der Waals surface area (Å²) in [7, 11) is 0. The first-order chi connectivity index (χ1) is 13.2. The number of alkyl halides is 3. The minimum atomic E-state index is -4.54. The van der Waals surface area contributed by atoms with E-state index >= 15 is 0 Å². The number of carbonyl (C=O) groups is 3. The number of imide groups is 1. The predicted octanol–water partition coefficient (Wildman–Crippen LogP) is 3.25. The lowest BCUT2D eigenvalue weighted by Gasteiger charge is -2.22. The van der Waals surface area contributed by atoms with E-state index in [2.05, 4.69) is 5.32 Å². The predicted molar refractivity (Wildman–Crippen MR) is 93.0 cm³/mol. The Balaban J connectivity index is 1.76. The molecule has 1 aliphatic rings. The zero-order valence-corrected chi connectivity index (χ0v) is 14.6. The first-order valence-corrected chi connectivity index (χ1v) is 8.25. The average molecular weight is 392 g/mol. The molecule has 146 valence electrons. The van der Waals surface area contributed by atoms with Crippen molar-refractivity contribution in [2.75, 3.05) is 11.9 Å². The van der Waals surface area contributed by atoms with Crippen molar-refractivity contribution < 1.29 is 32.3 Å². The topological polar surface area (TPSA) is 75.7 Å². The molecule has 9 heteroatoms. The molecule has 28 heavy (non-hydrogen) atoms. The van der Waals surface area contributed by atoms with E-state index in [1.54, 1.807) is 12.1 Å². The molecule has 0 radical (unpaired) electrons. The lowest BCUT2D eigenvalue weighted by Crippen LogP contribution is -2.45. The molecule has 0 aromatic heterocycles. The maximum atomic E-state index is 12.6. The lowest BCUT2D eigenvalue weighted by atomic mass is 10.1. The molecule has 6 nitrogen and oxygen atoms in total. The van der Waals surface area contributed by atoms with E-state index in [1.807, 2.05) is 0 Å². The van der Waals surface area contributed by atoms with Gasteiger partial charge in [0.05, 0.1) is 16.8 Å². The molecule has 3 rings (SSSR count). The zero-order chi connectivity index (χ0) is 20.5. The number of nitrogens with one attached hydrogen (secondary N) is 1. The van der Waals surface area contributed by atoms with Crippen LogP contribution >= 0.6 is 0 Å². The number of benzene rings is 2. The van der Waals surface area contributed by atoms with E-state index in [1.165, 1.54) is 43.3 Å². The minimum Gasteiger partial charge on any atom is -0.482 e. The van der Waals surface area contributed by atoms with Crippen molar-refractivity contribution in [3.05, 3.63) is 59.7 Å². The summed E-state index contributed by atoms with van der Waals surface area (Å²) >= 11 is 0. The first-order valence-electron chi connectivity index (χ1n) is 8.25. The van der Waals surface area contributed by atoms with Gasteiger partial charge in [-0.25, -0.2) is 0 Å². The zero-order valence-electron chi connectivity index (χ0n) is 14.6. The van der Waals surface area contributed by atoms with Crippen LogP contribution in [0, 0.1) is 0 Å². The van der Waals surface area contributed by atoms with Gasteiger partial charge >= 0.3 is 6.18 Å². The summed E-state index contributed by atoms with van der Waals surface area (Å²) in [5, 5.41) is 2.41. The number of carbonyl (C=O) groups excluding carboxylic acids is 3. The molecule has 3 amide bonds. The van der Waals surface area contributed by atoms with Gasteiger partial charge in [0.15, 0.2) is 6.61 Å². The number of para-hydroxylation sites is 2. The van der Waals surface area contributed by atoms with E-state index in [0.717, 1.165) is 4.90 Å². The van der Waals surface area contributed by atoms with Gasteiger partial charge in [-0.15, -0.1) is 0 Å². The molecule has 1 N–H and O–H groups in total. The molecule has 0 spiro atoms. The monoisotopic (exact) mass is 392 g/mol. The summed E-state index contributed by atoms with van der Waals surface area (Å²) in [5.74, 6) is -2.13. The van der Waals surface area contributed by atoms with Crippen LogP contribution in [0.4, 0.5) is 18.9 Å². The van der Waals surface area contributed by atoms with Crippen molar-refractivity contribution in [2.24, 2.45) is 0 Å². The number of anilines is 1. The van der Waals surface area contributed by atoms with Gasteiger partial charge in [-0.1, -0.05) is 24.3 Å². The Bertz CT molecular complexity index is 908. The Hall–Kier alpha value is -3.36. The van der Waals surface area contributed by atoms with Crippen molar-refractivity contribution in [2.45, 2.75) is 19.1 Å². The van der Waals surface area contributed by atoms with E-state index in [-0.39, 0.29) is 22.6 Å². The highest BCUT2D eigenvalue weighted by molar-refractivity contribution is 6.23. The summed E-state index contributed by atoms with van der Waals surface area (Å²) in [6.07, 6.45) is -4.54. The number of rotatable bonds is 5. The number of amides is 3. The standard InChI is InChI=1S/C19H15F3N2O4/c1-11(24-17(26)12-6-2-3-7-13(12)18(24)27)16(25)23-14-8-4-5-9-15(14)28-10-19(20,21)22/h2-9,11H,10H2,1H3,(H,23,25). The van der Waals surface area contributed by atoms with Crippen molar-refractivity contribution in [3.63, 3.8) is 0 Å². The summed E-state index contributed by atoms with van der Waals surface area (Å²) in [4.78, 5) is 38.3. The smallest absolute Gasteiger partial charge is 0.422 e. The molecule has 1 aliphatic heterocycles. The van der Waals surface area contributed by atoms with Gasteiger partial charge in [0.1, 0.15) is 11.8 Å². The largest absolute Gasteiger partial charge is 0.482 e. The highest BCUT2D eigenvalue weighted by Crippen LogP contribution is 2.28. The molecule has 1 heterocycles. The molecule has 0 fully saturated rings. The fourth-order valence-electron chi connectivity index (χ4n) is 2.77. The number of ether oxygens (including phenoxy) is 1. The molecule has 2 aromatic carbocycles. The molecule has 0 aliphatic carbocycles. The van der Waals surface area contributed by atoms with Crippen LogP contribution in [0.2, 0.25) is 0 Å². The van der Waals surface area contributed by atoms with Crippen LogP contribution in [0.5, 0.6) is 5.75 Å². The normalized spacial score (nSPS) is 14.6. The number of hydrogen-bond donors (Lipinski definition) is 1. The van der Waals surface area contributed by atoms with Crippen molar-refractivity contribution >= 4 is 23.4 Å². The molecule has 0 bridgehead atoms. The van der Waals surface area contributed by atoms with Crippen LogP contribution in [-0.2, 0) is 4.79 Å². The molecule has 1 atom stereocenters. The summed E-state index contributed by atoms with van der Waals surface area (Å²) in [6.45, 7) is -0.163. The quantitative estimate of drug-likeness (QED) is 0.793. The average Bonchev–Trinajstić information content (AvgIpc) is 2.91. The molecule has 1 unspecified atom stereocenters. The minimum absolute atomic E-state index is 0.000194. The third-order valence-corrected chi connectivity index (χ3v) is 4.13. The van der Waals surface area contributed by atoms with Crippen LogP contribution in [0.15, 0.2) is 48.5 Å². The maximum absolute atomic E-state index is 12.6. The molecule has 0 saturated carbocycles. The van der Waals surface area contributed by atoms with Crippen LogP contribution in [-0.4, -0.2) is 41.4 Å². The molecular formula is C19H15F3N2O4. The Kier molecular flexibility index (Phi) is 5.08. The van der Waals surface area contributed by atoms with Crippen molar-refractivity contribution in [1.82, 2.24) is 4.90 Å². The lowest BCUT2D eigenvalue weighted by molar-refractivity contribution is -0.153. The van der Waals surface area contributed by atoms with E-state index in [9.17, 15) is 27.6 Å². The number of fused-ring (bicyclic) bond motifs is 1. The maximum Gasteiger partial charge on any atom is 0.422 e. The molecular weight excluding hydrogens is 377 g/mol. The Morgan fingerprint density at radius 2 is 1.57 bits per heavy atom. The van der Waals surface area contributed by atoms with Gasteiger partial charge < -0.3 is 10.1 Å². The Labute approximate surface area is 157 Å². The van der Waals surface area contributed by atoms with Gasteiger partial charge in [-0.05, 0) is 31.2 Å². The molecule has 0 saturated heterocycles. The van der Waals surface area contributed by atoms with E-state index < -0.39 is 36.5 Å². The highest BCUT2D eigenvalue weighted by Gasteiger charge is 2.40. The number of nitrogens with zero attached hydrogens (tertiary/aromatic N) is 1. The van der Waals surface area contributed by atoms with Gasteiger partial charge in [0.2, 0.25) is 5.91 Å². The second-order valence-electron chi connectivity index (χ2n) is 6.09. The third kappa shape index (κ3) is 3.83. The molecule has 2 aromatic rings. The Morgan fingerprint density at radius 1 is 1.04 bits per heavy atom. The number of halogens is 3. The van der Waals surface area contributed by atoms with Crippen LogP contribution in [0.1, 0.15) is 27.6 Å². The SMILES string of the molecule is CC(C(=O)Nc1ccccc1OCC(F)(F)F)N1C(=O)c2ccccc2C1=O. The van der Waals surface area contributed by atoms with Crippen LogP contribution in [0.3, 0.4) is 0 Å². The number of hydrogen-bond acceptors (Lipinski definition) is 4.